The minimum absolute atomic E-state index is 0.0774. The molecule has 1 unspecified atom stereocenters. The van der Waals surface area contributed by atoms with Gasteiger partial charge in [-0.05, 0) is 36.1 Å². The fourth-order valence-corrected chi connectivity index (χ4v) is 2.57. The highest BCUT2D eigenvalue weighted by Crippen LogP contribution is 2.32. The largest absolute Gasteiger partial charge is 0.497 e. The van der Waals surface area contributed by atoms with Gasteiger partial charge in [-0.2, -0.15) is 0 Å². The number of para-hydroxylation sites is 1. The van der Waals surface area contributed by atoms with Crippen LogP contribution in [0.4, 0.5) is 5.69 Å². The fourth-order valence-electron chi connectivity index (χ4n) is 2.57. The Morgan fingerprint density at radius 3 is 2.31 bits per heavy atom. The summed E-state index contributed by atoms with van der Waals surface area (Å²) in [5, 5.41) is 2.85. The van der Waals surface area contributed by atoms with Gasteiger partial charge in [0.05, 0.1) is 19.9 Å². The van der Waals surface area contributed by atoms with Gasteiger partial charge in [0.2, 0.25) is 0 Å². The zero-order valence-electron chi connectivity index (χ0n) is 16.3. The number of benzene rings is 2. The van der Waals surface area contributed by atoms with Crippen molar-refractivity contribution in [1.82, 2.24) is 0 Å². The second-order valence-electron chi connectivity index (χ2n) is 7.06. The molecule has 1 atom stereocenters. The van der Waals surface area contributed by atoms with Crippen LogP contribution in [0, 0.1) is 0 Å². The van der Waals surface area contributed by atoms with Gasteiger partial charge in [0.15, 0.2) is 6.10 Å². The summed E-state index contributed by atoms with van der Waals surface area (Å²) in [6.45, 7) is 8.07. The molecular weight excluding hydrogens is 330 g/mol. The zero-order chi connectivity index (χ0) is 19.3. The molecule has 0 fully saturated rings. The van der Waals surface area contributed by atoms with Crippen LogP contribution in [0.25, 0.3) is 0 Å². The molecule has 5 heteroatoms. The molecule has 0 radical (unpaired) electrons. The number of ether oxygens (including phenoxy) is 3. The van der Waals surface area contributed by atoms with Crippen molar-refractivity contribution < 1.29 is 19.0 Å². The number of carbonyl (C=O) groups is 1. The maximum atomic E-state index is 12.6. The minimum Gasteiger partial charge on any atom is -0.497 e. The quantitative estimate of drug-likeness (QED) is 0.832. The van der Waals surface area contributed by atoms with Gasteiger partial charge in [-0.15, -0.1) is 0 Å². The van der Waals surface area contributed by atoms with Crippen molar-refractivity contribution in [3.8, 4) is 17.2 Å². The van der Waals surface area contributed by atoms with Gasteiger partial charge >= 0.3 is 0 Å². The van der Waals surface area contributed by atoms with Crippen molar-refractivity contribution in [3.05, 3.63) is 48.0 Å². The van der Waals surface area contributed by atoms with E-state index in [1.54, 1.807) is 39.3 Å². The molecule has 0 heterocycles. The number of carbonyl (C=O) groups excluding carboxylic acids is 1. The number of rotatable bonds is 6. The van der Waals surface area contributed by atoms with Gasteiger partial charge in [-0.1, -0.05) is 39.0 Å². The monoisotopic (exact) mass is 357 g/mol. The lowest BCUT2D eigenvalue weighted by molar-refractivity contribution is -0.122. The first-order valence-corrected chi connectivity index (χ1v) is 8.55. The third kappa shape index (κ3) is 4.69. The number of hydrogen-bond donors (Lipinski definition) is 1. The fraction of sp³-hybridized carbons (Fsp3) is 0.381. The van der Waals surface area contributed by atoms with E-state index in [4.69, 9.17) is 14.2 Å². The summed E-state index contributed by atoms with van der Waals surface area (Å²) >= 11 is 0. The Bertz CT molecular complexity index is 765. The molecule has 26 heavy (non-hydrogen) atoms. The first kappa shape index (κ1) is 19.6. The van der Waals surface area contributed by atoms with Crippen molar-refractivity contribution >= 4 is 11.6 Å². The van der Waals surface area contributed by atoms with Crippen LogP contribution >= 0.6 is 0 Å². The molecule has 1 amide bonds. The maximum absolute atomic E-state index is 12.6. The second-order valence-corrected chi connectivity index (χ2v) is 7.06. The lowest BCUT2D eigenvalue weighted by Gasteiger charge is -2.24. The van der Waals surface area contributed by atoms with Crippen molar-refractivity contribution in [2.45, 2.75) is 39.2 Å². The van der Waals surface area contributed by atoms with E-state index in [0.717, 1.165) is 5.56 Å². The maximum Gasteiger partial charge on any atom is 0.265 e. The van der Waals surface area contributed by atoms with Gasteiger partial charge in [-0.25, -0.2) is 0 Å². The van der Waals surface area contributed by atoms with E-state index in [0.29, 0.717) is 22.9 Å². The second kappa shape index (κ2) is 8.13. The van der Waals surface area contributed by atoms with Crippen molar-refractivity contribution in [3.63, 3.8) is 0 Å². The van der Waals surface area contributed by atoms with Crippen molar-refractivity contribution in [1.29, 1.82) is 0 Å². The van der Waals surface area contributed by atoms with E-state index < -0.39 is 6.10 Å². The summed E-state index contributed by atoms with van der Waals surface area (Å²) < 4.78 is 16.4. The SMILES string of the molecule is COc1ccc(NC(=O)C(C)Oc2ccccc2C(C)(C)C)c(OC)c1. The molecular formula is C21H27NO4. The van der Waals surface area contributed by atoms with E-state index in [1.165, 1.54) is 0 Å². The van der Waals surface area contributed by atoms with E-state index in [9.17, 15) is 4.79 Å². The number of methoxy groups -OCH3 is 2. The van der Waals surface area contributed by atoms with Crippen LogP contribution in [-0.4, -0.2) is 26.2 Å². The topological polar surface area (TPSA) is 56.8 Å². The predicted molar refractivity (Wildman–Crippen MR) is 103 cm³/mol. The standard InChI is InChI=1S/C21H27NO4/c1-14(26-18-10-8-7-9-16(18)21(2,3)4)20(23)22-17-12-11-15(24-5)13-19(17)25-6/h7-14H,1-6H3,(H,22,23). The summed E-state index contributed by atoms with van der Waals surface area (Å²) in [4.78, 5) is 12.6. The summed E-state index contributed by atoms with van der Waals surface area (Å²) in [5.41, 5.74) is 1.55. The summed E-state index contributed by atoms with van der Waals surface area (Å²) in [6.07, 6.45) is -0.662. The van der Waals surface area contributed by atoms with E-state index in [2.05, 4.69) is 26.1 Å². The number of amides is 1. The summed E-state index contributed by atoms with van der Waals surface area (Å²) in [6, 6.07) is 13.0. The van der Waals surface area contributed by atoms with Gasteiger partial charge < -0.3 is 19.5 Å². The first-order valence-electron chi connectivity index (χ1n) is 8.55. The summed E-state index contributed by atoms with van der Waals surface area (Å²) in [7, 11) is 3.12. The number of hydrogen-bond acceptors (Lipinski definition) is 4. The molecule has 2 aromatic carbocycles. The van der Waals surface area contributed by atoms with E-state index in [1.807, 2.05) is 24.3 Å². The Kier molecular flexibility index (Phi) is 6.14. The first-order chi connectivity index (χ1) is 12.3. The molecule has 5 nitrogen and oxygen atoms in total. The average Bonchev–Trinajstić information content (AvgIpc) is 2.61. The minimum atomic E-state index is -0.662. The smallest absolute Gasteiger partial charge is 0.265 e. The molecule has 2 aromatic rings. The Morgan fingerprint density at radius 2 is 1.69 bits per heavy atom. The lowest BCUT2D eigenvalue weighted by Crippen LogP contribution is -2.31. The van der Waals surface area contributed by atoms with Crippen molar-refractivity contribution in [2.24, 2.45) is 0 Å². The highest BCUT2D eigenvalue weighted by Gasteiger charge is 2.22. The molecule has 0 saturated carbocycles. The molecule has 0 aromatic heterocycles. The highest BCUT2D eigenvalue weighted by molar-refractivity contribution is 5.95. The van der Waals surface area contributed by atoms with E-state index >= 15 is 0 Å². The Balaban J connectivity index is 2.14. The van der Waals surface area contributed by atoms with Gasteiger partial charge in [0, 0.05) is 6.07 Å². The molecule has 0 aliphatic heterocycles. The molecule has 1 N–H and O–H groups in total. The Hall–Kier alpha value is -2.69. The predicted octanol–water partition coefficient (Wildman–Crippen LogP) is 4.41. The molecule has 0 spiro atoms. The van der Waals surface area contributed by atoms with Crippen LogP contribution in [0.2, 0.25) is 0 Å². The Morgan fingerprint density at radius 1 is 1.00 bits per heavy atom. The van der Waals surface area contributed by atoms with Crippen LogP contribution in [0.15, 0.2) is 42.5 Å². The zero-order valence-corrected chi connectivity index (χ0v) is 16.3. The van der Waals surface area contributed by atoms with Gasteiger partial charge in [0.25, 0.3) is 5.91 Å². The van der Waals surface area contributed by atoms with E-state index in [-0.39, 0.29) is 11.3 Å². The summed E-state index contributed by atoms with van der Waals surface area (Å²) in [5.74, 6) is 1.64. The molecule has 2 rings (SSSR count). The number of nitrogens with one attached hydrogen (secondary N) is 1. The van der Waals surface area contributed by atoms with Crippen LogP contribution in [0.1, 0.15) is 33.3 Å². The van der Waals surface area contributed by atoms with Crippen LogP contribution in [0.5, 0.6) is 17.2 Å². The van der Waals surface area contributed by atoms with Gasteiger partial charge in [-0.3, -0.25) is 4.79 Å². The normalized spacial score (nSPS) is 12.2. The average molecular weight is 357 g/mol. The third-order valence-electron chi connectivity index (χ3n) is 4.03. The molecule has 0 aliphatic rings. The molecule has 0 bridgehead atoms. The van der Waals surface area contributed by atoms with Gasteiger partial charge in [0.1, 0.15) is 17.2 Å². The number of anilines is 1. The van der Waals surface area contributed by atoms with Crippen LogP contribution in [-0.2, 0) is 10.2 Å². The highest BCUT2D eigenvalue weighted by atomic mass is 16.5. The van der Waals surface area contributed by atoms with Crippen LogP contribution < -0.4 is 19.5 Å². The molecule has 0 aliphatic carbocycles. The molecule has 140 valence electrons. The van der Waals surface area contributed by atoms with Crippen LogP contribution in [0.3, 0.4) is 0 Å². The molecule has 0 saturated heterocycles. The Labute approximate surface area is 155 Å². The van der Waals surface area contributed by atoms with Crippen molar-refractivity contribution in [2.75, 3.05) is 19.5 Å². The third-order valence-corrected chi connectivity index (χ3v) is 4.03. The lowest BCUT2D eigenvalue weighted by atomic mass is 9.86.